The Hall–Kier alpha value is -4.47. The fourth-order valence-electron chi connectivity index (χ4n) is 5.03. The molecule has 10 nitrogen and oxygen atoms in total. The van der Waals surface area contributed by atoms with Crippen molar-refractivity contribution in [3.05, 3.63) is 83.1 Å². The zero-order valence-electron chi connectivity index (χ0n) is 27.9. The molecule has 0 radical (unpaired) electrons. The number of urea groups is 1. The van der Waals surface area contributed by atoms with E-state index in [-0.39, 0.29) is 35.3 Å². The summed E-state index contributed by atoms with van der Waals surface area (Å²) < 4.78 is 13.7. The molecule has 0 saturated heterocycles. The van der Waals surface area contributed by atoms with E-state index in [1.54, 1.807) is 13.0 Å². The third-order valence-electron chi connectivity index (χ3n) is 8.01. The van der Waals surface area contributed by atoms with Crippen molar-refractivity contribution < 1.29 is 19.1 Å². The van der Waals surface area contributed by atoms with Gasteiger partial charge in [0.05, 0.1) is 18.8 Å². The van der Waals surface area contributed by atoms with E-state index in [0.717, 1.165) is 29.0 Å². The van der Waals surface area contributed by atoms with Crippen molar-refractivity contribution in [1.29, 1.82) is 0 Å². The third-order valence-corrected chi connectivity index (χ3v) is 8.01. The fourth-order valence-corrected chi connectivity index (χ4v) is 5.03. The van der Waals surface area contributed by atoms with Crippen LogP contribution in [0.25, 0.3) is 5.65 Å². The molecule has 10 heteroatoms. The number of amides is 2. The van der Waals surface area contributed by atoms with Crippen molar-refractivity contribution in [2.24, 2.45) is 0 Å². The van der Waals surface area contributed by atoms with E-state index in [0.29, 0.717) is 23.6 Å². The number of fused-ring (bicyclic) bond motifs is 1. The monoisotopic (exact) mass is 614 g/mol. The molecule has 4 aromatic rings. The van der Waals surface area contributed by atoms with Gasteiger partial charge in [-0.05, 0) is 62.1 Å². The average Bonchev–Trinajstić information content (AvgIpc) is 3.43. The minimum Gasteiger partial charge on any atom is -0.484 e. The molecule has 2 N–H and O–H groups in total. The van der Waals surface area contributed by atoms with E-state index in [9.17, 15) is 9.59 Å². The number of hydrogen-bond donors (Lipinski definition) is 2. The van der Waals surface area contributed by atoms with Gasteiger partial charge in [0.2, 0.25) is 0 Å². The van der Waals surface area contributed by atoms with Gasteiger partial charge in [-0.25, -0.2) is 14.6 Å². The molecule has 3 heterocycles. The summed E-state index contributed by atoms with van der Waals surface area (Å²) in [5.74, 6) is 1.06. The number of ether oxygens (including phenoxy) is 2. The topological polar surface area (TPSA) is 120 Å². The Bertz CT molecular complexity index is 1660. The smallest absolute Gasteiger partial charge is 0.356 e. The Morgan fingerprint density at radius 3 is 2.31 bits per heavy atom. The van der Waals surface area contributed by atoms with Gasteiger partial charge in [-0.2, -0.15) is 0 Å². The van der Waals surface area contributed by atoms with E-state index in [1.165, 1.54) is 6.07 Å². The summed E-state index contributed by atoms with van der Waals surface area (Å²) in [5.41, 5.74) is 3.49. The van der Waals surface area contributed by atoms with E-state index in [1.807, 2.05) is 74.7 Å². The number of nitrogens with zero attached hydrogens (tertiary/aromatic N) is 4. The lowest BCUT2D eigenvalue weighted by atomic mass is 9.89. The van der Waals surface area contributed by atoms with Crippen LogP contribution >= 0.6 is 0 Å². The molecule has 45 heavy (non-hydrogen) atoms. The minimum atomic E-state index is -0.534. The number of hydrogen-bond acceptors (Lipinski definition) is 7. The maximum atomic E-state index is 13.2. The second-order valence-corrected chi connectivity index (χ2v) is 12.9. The highest BCUT2D eigenvalue weighted by molar-refractivity contribution is 5.93. The molecule has 2 atom stereocenters. The first-order chi connectivity index (χ1) is 21.3. The zero-order chi connectivity index (χ0) is 32.9. The van der Waals surface area contributed by atoms with Gasteiger partial charge in [-0.15, -0.1) is 10.2 Å². The molecular formula is C35H46N6O4. The first-order valence-electron chi connectivity index (χ1n) is 15.6. The van der Waals surface area contributed by atoms with Crippen molar-refractivity contribution in [1.82, 2.24) is 24.9 Å². The molecule has 4 rings (SSSR count). The first kappa shape index (κ1) is 33.4. The first-order valence-corrected chi connectivity index (χ1v) is 15.6. The summed E-state index contributed by atoms with van der Waals surface area (Å²) in [7, 11) is 0. The van der Waals surface area contributed by atoms with Crippen LogP contribution in [-0.2, 0) is 15.6 Å². The van der Waals surface area contributed by atoms with Crippen LogP contribution in [0.3, 0.4) is 0 Å². The predicted molar refractivity (Wildman–Crippen MR) is 176 cm³/mol. The van der Waals surface area contributed by atoms with E-state index in [4.69, 9.17) is 9.47 Å². The molecule has 2 unspecified atom stereocenters. The zero-order valence-corrected chi connectivity index (χ0v) is 27.9. The van der Waals surface area contributed by atoms with Crippen LogP contribution in [0.1, 0.15) is 120 Å². The van der Waals surface area contributed by atoms with Gasteiger partial charge in [0.15, 0.2) is 11.3 Å². The summed E-state index contributed by atoms with van der Waals surface area (Å²) in [5, 5.41) is 14.7. The van der Waals surface area contributed by atoms with Crippen LogP contribution in [0.15, 0.2) is 54.7 Å². The SMILES string of the molecule is CCOC(=O)c1cc(NC(=O)NC(C)c2ccccc2C(CC)Oc2ccc3nnc(C(C)(C)CC)n3c2)cc(C(C)(C)C)n1. The summed E-state index contributed by atoms with van der Waals surface area (Å²) in [4.78, 5) is 30.2. The Morgan fingerprint density at radius 1 is 0.956 bits per heavy atom. The normalized spacial score (nSPS) is 13.3. The van der Waals surface area contributed by atoms with Crippen molar-refractivity contribution in [3.63, 3.8) is 0 Å². The maximum absolute atomic E-state index is 13.2. The Morgan fingerprint density at radius 2 is 1.67 bits per heavy atom. The number of benzene rings is 1. The molecule has 2 amide bonds. The van der Waals surface area contributed by atoms with Crippen LogP contribution in [0, 0.1) is 0 Å². The number of esters is 1. The van der Waals surface area contributed by atoms with Crippen LogP contribution in [0.2, 0.25) is 0 Å². The quantitative estimate of drug-likeness (QED) is 0.166. The summed E-state index contributed by atoms with van der Waals surface area (Å²) in [6.45, 7) is 18.4. The van der Waals surface area contributed by atoms with Crippen LogP contribution < -0.4 is 15.4 Å². The standard InChI is InChI=1S/C35H46N6O4/c1-10-28(45-24-17-18-30-39-40-32(41(30)21-24)35(8,9)11-2)26-16-14-13-15-25(26)22(4)36-33(43)37-23-19-27(31(42)44-12-3)38-29(20-23)34(5,6)7/h13-22,28H,10-12H2,1-9H3,(H2,36,37,38,43). The number of pyridine rings is 2. The molecule has 0 fully saturated rings. The van der Waals surface area contributed by atoms with Gasteiger partial charge in [0.1, 0.15) is 17.7 Å². The number of carbonyl (C=O) groups is 2. The second-order valence-electron chi connectivity index (χ2n) is 12.9. The average molecular weight is 615 g/mol. The molecule has 0 bridgehead atoms. The highest BCUT2D eigenvalue weighted by Gasteiger charge is 2.26. The van der Waals surface area contributed by atoms with Crippen molar-refractivity contribution in [3.8, 4) is 5.75 Å². The number of nitrogens with one attached hydrogen (secondary N) is 2. The van der Waals surface area contributed by atoms with Crippen LogP contribution in [-0.4, -0.2) is 38.2 Å². The van der Waals surface area contributed by atoms with Gasteiger partial charge in [0, 0.05) is 22.2 Å². The Balaban J connectivity index is 1.55. The number of carbonyl (C=O) groups excluding carboxylic acids is 2. The maximum Gasteiger partial charge on any atom is 0.356 e. The minimum absolute atomic E-state index is 0.137. The molecular weight excluding hydrogens is 568 g/mol. The van der Waals surface area contributed by atoms with Crippen LogP contribution in [0.5, 0.6) is 5.75 Å². The Labute approximate surface area is 266 Å². The molecule has 0 saturated carbocycles. The molecule has 0 aliphatic carbocycles. The van der Waals surface area contributed by atoms with Crippen molar-refractivity contribution >= 4 is 23.3 Å². The van der Waals surface area contributed by atoms with Gasteiger partial charge < -0.3 is 20.1 Å². The number of rotatable bonds is 11. The Kier molecular flexibility index (Phi) is 10.2. The van der Waals surface area contributed by atoms with Crippen molar-refractivity contribution in [2.75, 3.05) is 11.9 Å². The lowest BCUT2D eigenvalue weighted by Crippen LogP contribution is -2.32. The summed E-state index contributed by atoms with van der Waals surface area (Å²) >= 11 is 0. The molecule has 0 spiro atoms. The fraction of sp³-hybridized carbons (Fsp3) is 0.457. The highest BCUT2D eigenvalue weighted by Crippen LogP contribution is 2.32. The number of aromatic nitrogens is 4. The molecule has 1 aromatic carbocycles. The van der Waals surface area contributed by atoms with Gasteiger partial charge in [0.25, 0.3) is 0 Å². The van der Waals surface area contributed by atoms with Gasteiger partial charge >= 0.3 is 12.0 Å². The van der Waals surface area contributed by atoms with E-state index in [2.05, 4.69) is 53.5 Å². The lowest BCUT2D eigenvalue weighted by molar-refractivity contribution is 0.0519. The number of anilines is 1. The van der Waals surface area contributed by atoms with Crippen LogP contribution in [0.4, 0.5) is 10.5 Å². The van der Waals surface area contributed by atoms with Gasteiger partial charge in [-0.3, -0.25) is 4.40 Å². The second kappa shape index (κ2) is 13.7. The lowest BCUT2D eigenvalue weighted by Gasteiger charge is -2.25. The molecule has 0 aliphatic rings. The third kappa shape index (κ3) is 7.79. The summed E-state index contributed by atoms with van der Waals surface area (Å²) in [6, 6.07) is 14.4. The molecule has 240 valence electrons. The summed E-state index contributed by atoms with van der Waals surface area (Å²) in [6.07, 6.45) is 3.33. The molecule has 0 aliphatic heterocycles. The van der Waals surface area contributed by atoms with Gasteiger partial charge in [-0.1, -0.05) is 72.7 Å². The largest absolute Gasteiger partial charge is 0.484 e. The highest BCUT2D eigenvalue weighted by atomic mass is 16.5. The van der Waals surface area contributed by atoms with E-state index < -0.39 is 12.0 Å². The predicted octanol–water partition coefficient (Wildman–Crippen LogP) is 7.70. The molecule has 3 aromatic heterocycles. The van der Waals surface area contributed by atoms with E-state index >= 15 is 0 Å². The van der Waals surface area contributed by atoms with Crippen molar-refractivity contribution in [2.45, 2.75) is 98.1 Å².